The van der Waals surface area contributed by atoms with E-state index < -0.39 is 11.8 Å². The van der Waals surface area contributed by atoms with Crippen molar-refractivity contribution in [2.24, 2.45) is 0 Å². The maximum atomic E-state index is 11.3. The Hall–Kier alpha value is -1.56. The van der Waals surface area contributed by atoms with Crippen molar-refractivity contribution in [2.75, 3.05) is 17.7 Å². The van der Waals surface area contributed by atoms with E-state index in [2.05, 4.69) is 15.8 Å². The van der Waals surface area contributed by atoms with Crippen LogP contribution in [0.15, 0.2) is 10.6 Å². The molecule has 7 heteroatoms. The van der Waals surface area contributed by atoms with Gasteiger partial charge in [-0.05, 0) is 13.3 Å². The van der Waals surface area contributed by atoms with Gasteiger partial charge >= 0.3 is 11.8 Å². The van der Waals surface area contributed by atoms with Crippen molar-refractivity contribution < 1.29 is 14.1 Å². The summed E-state index contributed by atoms with van der Waals surface area (Å²) in [5.41, 5.74) is 0. The number of hydrogen-bond acceptors (Lipinski definition) is 4. The van der Waals surface area contributed by atoms with Gasteiger partial charge in [0, 0.05) is 18.5 Å². The van der Waals surface area contributed by atoms with Gasteiger partial charge in [-0.2, -0.15) is 0 Å². The van der Waals surface area contributed by atoms with E-state index in [0.29, 0.717) is 24.6 Å². The van der Waals surface area contributed by atoms with E-state index in [-0.39, 0.29) is 5.82 Å². The minimum Gasteiger partial charge on any atom is -0.360 e. The summed E-state index contributed by atoms with van der Waals surface area (Å²) in [6.45, 7) is 2.05. The van der Waals surface area contributed by atoms with E-state index in [1.807, 2.05) is 0 Å². The predicted molar refractivity (Wildman–Crippen MR) is 58.2 cm³/mol. The second kappa shape index (κ2) is 6.12. The largest absolute Gasteiger partial charge is 0.360 e. The first-order valence-electron chi connectivity index (χ1n) is 4.72. The fraction of sp³-hybridized carbons (Fsp3) is 0.444. The zero-order chi connectivity index (χ0) is 12.0. The zero-order valence-corrected chi connectivity index (χ0v) is 9.50. The molecule has 1 heterocycles. The molecule has 1 aromatic heterocycles. The summed E-state index contributed by atoms with van der Waals surface area (Å²) in [5, 5.41) is 8.24. The van der Waals surface area contributed by atoms with Crippen LogP contribution in [-0.4, -0.2) is 29.4 Å². The van der Waals surface area contributed by atoms with Crippen LogP contribution < -0.4 is 10.6 Å². The number of rotatable bonds is 4. The molecule has 0 saturated carbocycles. The number of nitrogens with one attached hydrogen (secondary N) is 2. The van der Waals surface area contributed by atoms with E-state index in [1.54, 1.807) is 6.92 Å². The van der Waals surface area contributed by atoms with E-state index in [0.717, 1.165) is 0 Å². The van der Waals surface area contributed by atoms with Crippen LogP contribution in [0, 0.1) is 6.92 Å². The Labute approximate surface area is 97.3 Å². The van der Waals surface area contributed by atoms with E-state index in [1.165, 1.54) is 6.07 Å². The van der Waals surface area contributed by atoms with Gasteiger partial charge in [-0.3, -0.25) is 14.9 Å². The minimum absolute atomic E-state index is 0.218. The molecule has 0 aliphatic rings. The van der Waals surface area contributed by atoms with Gasteiger partial charge in [0.1, 0.15) is 5.76 Å². The lowest BCUT2D eigenvalue weighted by molar-refractivity contribution is -0.136. The van der Waals surface area contributed by atoms with Crippen LogP contribution in [0.2, 0.25) is 0 Å². The van der Waals surface area contributed by atoms with Crippen LogP contribution in [0.1, 0.15) is 12.2 Å². The molecule has 1 aromatic rings. The van der Waals surface area contributed by atoms with Gasteiger partial charge < -0.3 is 9.84 Å². The van der Waals surface area contributed by atoms with Gasteiger partial charge in [-0.1, -0.05) is 5.16 Å². The highest BCUT2D eigenvalue weighted by atomic mass is 35.5. The Bertz CT molecular complexity index is 378. The molecule has 0 unspecified atom stereocenters. The van der Waals surface area contributed by atoms with Crippen LogP contribution in [0.3, 0.4) is 0 Å². The fourth-order valence-electron chi connectivity index (χ4n) is 0.947. The summed E-state index contributed by atoms with van der Waals surface area (Å²) in [7, 11) is 0. The number of aryl methyl sites for hydroxylation is 1. The average Bonchev–Trinajstić information content (AvgIpc) is 2.64. The quantitative estimate of drug-likeness (QED) is 0.464. The molecule has 0 aromatic carbocycles. The third kappa shape index (κ3) is 3.90. The summed E-state index contributed by atoms with van der Waals surface area (Å²) < 4.78 is 4.73. The van der Waals surface area contributed by atoms with Crippen LogP contribution in [-0.2, 0) is 9.59 Å². The van der Waals surface area contributed by atoms with Crippen molar-refractivity contribution in [3.8, 4) is 0 Å². The molecule has 1 rings (SSSR count). The van der Waals surface area contributed by atoms with Gasteiger partial charge in [0.15, 0.2) is 5.82 Å². The van der Waals surface area contributed by atoms with Crippen molar-refractivity contribution in [1.29, 1.82) is 0 Å². The average molecular weight is 246 g/mol. The first-order chi connectivity index (χ1) is 7.63. The van der Waals surface area contributed by atoms with Crippen molar-refractivity contribution >= 4 is 29.2 Å². The van der Waals surface area contributed by atoms with Gasteiger partial charge in [0.2, 0.25) is 0 Å². The Kier molecular flexibility index (Phi) is 4.78. The summed E-state index contributed by atoms with van der Waals surface area (Å²) in [5.74, 6) is -0.286. The number of carbonyl (C=O) groups is 2. The molecule has 2 amide bonds. The van der Waals surface area contributed by atoms with Gasteiger partial charge in [0.25, 0.3) is 0 Å². The number of hydrogen-bond donors (Lipinski definition) is 2. The molecule has 0 fully saturated rings. The molecule has 88 valence electrons. The molecule has 0 saturated heterocycles. The van der Waals surface area contributed by atoms with E-state index in [4.69, 9.17) is 16.1 Å². The Morgan fingerprint density at radius 3 is 2.81 bits per heavy atom. The molecular weight excluding hydrogens is 234 g/mol. The van der Waals surface area contributed by atoms with Crippen LogP contribution in [0.4, 0.5) is 5.82 Å². The minimum atomic E-state index is -0.775. The number of amides is 2. The monoisotopic (exact) mass is 245 g/mol. The number of anilines is 1. The highest BCUT2D eigenvalue weighted by Crippen LogP contribution is 2.06. The highest BCUT2D eigenvalue weighted by molar-refractivity contribution is 6.39. The van der Waals surface area contributed by atoms with Gasteiger partial charge in [-0.25, -0.2) is 0 Å². The van der Waals surface area contributed by atoms with Gasteiger partial charge in [-0.15, -0.1) is 11.6 Å². The summed E-state index contributed by atoms with van der Waals surface area (Å²) >= 11 is 5.42. The molecule has 0 spiro atoms. The molecule has 6 nitrogen and oxygen atoms in total. The summed E-state index contributed by atoms with van der Waals surface area (Å²) in [6.07, 6.45) is 0.615. The van der Waals surface area contributed by atoms with Crippen molar-refractivity contribution in [3.63, 3.8) is 0 Å². The van der Waals surface area contributed by atoms with Crippen molar-refractivity contribution in [1.82, 2.24) is 10.5 Å². The molecule has 0 bridgehead atoms. The van der Waals surface area contributed by atoms with Crippen molar-refractivity contribution in [2.45, 2.75) is 13.3 Å². The lowest BCUT2D eigenvalue weighted by Gasteiger charge is -2.02. The Balaban J connectivity index is 2.37. The van der Waals surface area contributed by atoms with Crippen molar-refractivity contribution in [3.05, 3.63) is 11.8 Å². The lowest BCUT2D eigenvalue weighted by Crippen LogP contribution is -2.36. The molecule has 0 aliphatic heterocycles. The SMILES string of the molecule is Cc1cc(NC(=O)C(=O)NCCCCl)no1. The number of halogens is 1. The van der Waals surface area contributed by atoms with E-state index in [9.17, 15) is 9.59 Å². The van der Waals surface area contributed by atoms with E-state index >= 15 is 0 Å². The zero-order valence-electron chi connectivity index (χ0n) is 8.75. The molecule has 0 atom stereocenters. The smallest absolute Gasteiger partial charge is 0.314 e. The highest BCUT2D eigenvalue weighted by Gasteiger charge is 2.14. The molecular formula is C9H12ClN3O3. The number of alkyl halides is 1. The Morgan fingerprint density at radius 1 is 1.50 bits per heavy atom. The number of nitrogens with zero attached hydrogens (tertiary/aromatic N) is 1. The van der Waals surface area contributed by atoms with Crippen LogP contribution >= 0.6 is 11.6 Å². The summed E-state index contributed by atoms with van der Waals surface area (Å²) in [6, 6.07) is 1.52. The number of carbonyl (C=O) groups excluding carboxylic acids is 2. The molecule has 2 N–H and O–H groups in total. The third-order valence-corrected chi connectivity index (χ3v) is 1.94. The first-order valence-corrected chi connectivity index (χ1v) is 5.25. The lowest BCUT2D eigenvalue weighted by atomic mass is 10.4. The number of aromatic nitrogens is 1. The second-order valence-corrected chi connectivity index (χ2v) is 3.45. The first kappa shape index (κ1) is 12.5. The standard InChI is InChI=1S/C9H12ClN3O3/c1-6-5-7(13-16-6)12-9(15)8(14)11-4-2-3-10/h5H,2-4H2,1H3,(H,11,14)(H,12,13,15). The molecule has 16 heavy (non-hydrogen) atoms. The van der Waals surface area contributed by atoms with Gasteiger partial charge in [0.05, 0.1) is 0 Å². The maximum absolute atomic E-state index is 11.3. The maximum Gasteiger partial charge on any atom is 0.314 e. The normalized spacial score (nSPS) is 9.88. The third-order valence-electron chi connectivity index (χ3n) is 1.67. The molecule has 0 radical (unpaired) electrons. The second-order valence-electron chi connectivity index (χ2n) is 3.08. The fourth-order valence-corrected chi connectivity index (χ4v) is 1.08. The van der Waals surface area contributed by atoms with Crippen LogP contribution in [0.25, 0.3) is 0 Å². The molecule has 0 aliphatic carbocycles. The predicted octanol–water partition coefficient (Wildman–Crippen LogP) is 0.667. The topological polar surface area (TPSA) is 84.2 Å². The van der Waals surface area contributed by atoms with Crippen LogP contribution in [0.5, 0.6) is 0 Å². The Morgan fingerprint density at radius 2 is 2.25 bits per heavy atom. The summed E-state index contributed by atoms with van der Waals surface area (Å²) in [4.78, 5) is 22.5.